The van der Waals surface area contributed by atoms with Crippen molar-refractivity contribution in [1.82, 2.24) is 0 Å². The van der Waals surface area contributed by atoms with Gasteiger partial charge in [0, 0.05) is 24.0 Å². The van der Waals surface area contributed by atoms with E-state index in [1.165, 1.54) is 6.92 Å². The molecule has 1 aliphatic rings. The first-order valence-corrected chi connectivity index (χ1v) is 6.34. The number of ether oxygens (including phenoxy) is 2. The van der Waals surface area contributed by atoms with Crippen LogP contribution in [0, 0.1) is 12.8 Å². The zero-order valence-corrected chi connectivity index (χ0v) is 11.6. The van der Waals surface area contributed by atoms with Gasteiger partial charge in [-0.3, -0.25) is 9.59 Å². The van der Waals surface area contributed by atoms with Crippen LogP contribution in [0.15, 0.2) is 12.1 Å². The molecule has 0 amide bonds. The molecule has 2 atom stereocenters. The Labute approximate surface area is 112 Å². The van der Waals surface area contributed by atoms with Gasteiger partial charge in [-0.15, -0.1) is 0 Å². The van der Waals surface area contributed by atoms with Gasteiger partial charge in [0.25, 0.3) is 0 Å². The fraction of sp³-hybridized carbons (Fsp3) is 0.467. The van der Waals surface area contributed by atoms with Gasteiger partial charge in [0.2, 0.25) is 0 Å². The molecule has 0 saturated heterocycles. The number of ketones is 1. The zero-order valence-electron chi connectivity index (χ0n) is 11.6. The third-order valence-electron chi connectivity index (χ3n) is 3.50. The van der Waals surface area contributed by atoms with E-state index in [-0.39, 0.29) is 23.8 Å². The summed E-state index contributed by atoms with van der Waals surface area (Å²) in [6.45, 7) is 5.15. The second-order valence-corrected chi connectivity index (χ2v) is 5.01. The quantitative estimate of drug-likeness (QED) is 0.769. The van der Waals surface area contributed by atoms with Gasteiger partial charge in [-0.25, -0.2) is 0 Å². The summed E-state index contributed by atoms with van der Waals surface area (Å²) in [5.74, 6) is 0.287. The zero-order chi connectivity index (χ0) is 14.2. The fourth-order valence-electron chi connectivity index (χ4n) is 2.54. The minimum Gasteiger partial charge on any atom is -0.496 e. The highest BCUT2D eigenvalue weighted by Gasteiger charge is 2.33. The first-order valence-electron chi connectivity index (χ1n) is 6.34. The van der Waals surface area contributed by atoms with Gasteiger partial charge in [-0.1, -0.05) is 6.92 Å². The molecule has 0 aromatic heterocycles. The Kier molecular flexibility index (Phi) is 3.60. The number of aryl methyl sites for hydroxylation is 1. The molecule has 1 aliphatic carbocycles. The van der Waals surface area contributed by atoms with Crippen molar-refractivity contribution in [2.75, 3.05) is 7.11 Å². The van der Waals surface area contributed by atoms with Crippen LogP contribution >= 0.6 is 0 Å². The van der Waals surface area contributed by atoms with E-state index < -0.39 is 0 Å². The van der Waals surface area contributed by atoms with Crippen LogP contribution in [0.1, 0.15) is 47.9 Å². The molecule has 2 rings (SSSR count). The number of rotatable bonds is 2. The Morgan fingerprint density at radius 3 is 2.63 bits per heavy atom. The summed E-state index contributed by atoms with van der Waals surface area (Å²) in [5.41, 5.74) is 2.32. The predicted octanol–water partition coefficient (Wildman–Crippen LogP) is 2.83. The van der Waals surface area contributed by atoms with E-state index >= 15 is 0 Å². The number of fused-ring (bicyclic) bond motifs is 1. The number of esters is 1. The maximum atomic E-state index is 12.2. The minimum absolute atomic E-state index is 0.0803. The van der Waals surface area contributed by atoms with Crippen LogP contribution in [-0.4, -0.2) is 18.9 Å². The van der Waals surface area contributed by atoms with Gasteiger partial charge in [0.1, 0.15) is 11.9 Å². The van der Waals surface area contributed by atoms with Crippen LogP contribution in [0.3, 0.4) is 0 Å². The lowest BCUT2D eigenvalue weighted by atomic mass is 9.81. The molecule has 102 valence electrons. The van der Waals surface area contributed by atoms with Gasteiger partial charge in [-0.05, 0) is 31.0 Å². The highest BCUT2D eigenvalue weighted by molar-refractivity contribution is 6.00. The molecule has 0 N–H and O–H groups in total. The SMILES string of the molecule is COc1cc2c(cc1C)C(OC(C)=O)CC(C)C2=O. The van der Waals surface area contributed by atoms with Crippen LogP contribution < -0.4 is 4.74 Å². The standard InChI is InChI=1S/C15H18O4/c1-8-5-11-12(7-13(8)18-4)15(17)9(2)6-14(11)19-10(3)16/h5,7,9,14H,6H2,1-4H3. The van der Waals surface area contributed by atoms with Crippen molar-refractivity contribution in [3.63, 3.8) is 0 Å². The van der Waals surface area contributed by atoms with Gasteiger partial charge >= 0.3 is 5.97 Å². The molecule has 0 bridgehead atoms. The monoisotopic (exact) mass is 262 g/mol. The second-order valence-electron chi connectivity index (χ2n) is 5.01. The molecule has 2 unspecified atom stereocenters. The largest absolute Gasteiger partial charge is 0.496 e. The van der Waals surface area contributed by atoms with Gasteiger partial charge in [0.05, 0.1) is 7.11 Å². The number of carbonyl (C=O) groups is 2. The number of Topliss-reactive ketones (excluding diaryl/α,β-unsaturated/α-hetero) is 1. The number of hydrogen-bond donors (Lipinski definition) is 0. The van der Waals surface area contributed by atoms with Crippen LogP contribution in [0.2, 0.25) is 0 Å². The van der Waals surface area contributed by atoms with Crippen molar-refractivity contribution >= 4 is 11.8 Å². The van der Waals surface area contributed by atoms with Crippen molar-refractivity contribution in [3.05, 3.63) is 28.8 Å². The summed E-state index contributed by atoms with van der Waals surface area (Å²) in [4.78, 5) is 23.4. The molecule has 0 saturated carbocycles. The van der Waals surface area contributed by atoms with Crippen LogP contribution in [-0.2, 0) is 9.53 Å². The Bertz CT molecular complexity index is 533. The van der Waals surface area contributed by atoms with Gasteiger partial charge in [-0.2, -0.15) is 0 Å². The van der Waals surface area contributed by atoms with E-state index in [2.05, 4.69) is 0 Å². The third-order valence-corrected chi connectivity index (χ3v) is 3.50. The summed E-state index contributed by atoms with van der Waals surface area (Å²) in [6, 6.07) is 3.63. The van der Waals surface area contributed by atoms with Gasteiger partial charge in [0.15, 0.2) is 5.78 Å². The van der Waals surface area contributed by atoms with E-state index in [9.17, 15) is 9.59 Å². The van der Waals surface area contributed by atoms with E-state index in [4.69, 9.17) is 9.47 Å². The van der Waals surface area contributed by atoms with Crippen molar-refractivity contribution < 1.29 is 19.1 Å². The third kappa shape index (κ3) is 2.48. The molecule has 4 nitrogen and oxygen atoms in total. The molecule has 19 heavy (non-hydrogen) atoms. The molecule has 0 radical (unpaired) electrons. The molecular formula is C15H18O4. The molecule has 0 aliphatic heterocycles. The van der Waals surface area contributed by atoms with Crippen LogP contribution in [0.4, 0.5) is 0 Å². The summed E-state index contributed by atoms with van der Waals surface area (Å²) in [5, 5.41) is 0. The first-order chi connectivity index (χ1) is 8.93. The summed E-state index contributed by atoms with van der Waals surface area (Å²) >= 11 is 0. The van der Waals surface area contributed by atoms with Crippen molar-refractivity contribution in [2.24, 2.45) is 5.92 Å². The first kappa shape index (κ1) is 13.6. The molecular weight excluding hydrogens is 244 g/mol. The Balaban J connectivity index is 2.52. The van der Waals surface area contributed by atoms with Crippen molar-refractivity contribution in [2.45, 2.75) is 33.3 Å². The molecule has 1 aromatic carbocycles. The minimum atomic E-state index is -0.343. The van der Waals surface area contributed by atoms with E-state index in [0.717, 1.165) is 11.1 Å². The number of carbonyl (C=O) groups excluding carboxylic acids is 2. The molecule has 0 spiro atoms. The Hall–Kier alpha value is -1.84. The molecule has 4 heteroatoms. The average molecular weight is 262 g/mol. The normalized spacial score (nSPS) is 21.8. The summed E-state index contributed by atoms with van der Waals surface area (Å²) in [6.07, 6.45) is 0.196. The van der Waals surface area contributed by atoms with E-state index in [0.29, 0.717) is 17.7 Å². The smallest absolute Gasteiger partial charge is 0.303 e. The maximum Gasteiger partial charge on any atom is 0.303 e. The number of hydrogen-bond acceptors (Lipinski definition) is 4. The average Bonchev–Trinajstić information content (AvgIpc) is 2.34. The summed E-state index contributed by atoms with van der Waals surface area (Å²) in [7, 11) is 1.58. The topological polar surface area (TPSA) is 52.6 Å². The number of methoxy groups -OCH3 is 1. The van der Waals surface area contributed by atoms with Crippen molar-refractivity contribution in [3.8, 4) is 5.75 Å². The van der Waals surface area contributed by atoms with Crippen LogP contribution in [0.25, 0.3) is 0 Å². The summed E-state index contributed by atoms with van der Waals surface area (Å²) < 4.78 is 10.6. The fourth-order valence-corrected chi connectivity index (χ4v) is 2.54. The Morgan fingerprint density at radius 1 is 1.37 bits per heavy atom. The Morgan fingerprint density at radius 2 is 2.05 bits per heavy atom. The molecule has 0 heterocycles. The lowest BCUT2D eigenvalue weighted by molar-refractivity contribution is -0.147. The van der Waals surface area contributed by atoms with Gasteiger partial charge < -0.3 is 9.47 Å². The lowest BCUT2D eigenvalue weighted by Gasteiger charge is -2.29. The molecule has 1 aromatic rings. The second kappa shape index (κ2) is 5.03. The van der Waals surface area contributed by atoms with Crippen molar-refractivity contribution in [1.29, 1.82) is 0 Å². The van der Waals surface area contributed by atoms with E-state index in [1.807, 2.05) is 19.9 Å². The lowest BCUT2D eigenvalue weighted by Crippen LogP contribution is -2.26. The highest BCUT2D eigenvalue weighted by Crippen LogP contribution is 2.38. The van der Waals surface area contributed by atoms with E-state index in [1.54, 1.807) is 13.2 Å². The predicted molar refractivity (Wildman–Crippen MR) is 70.3 cm³/mol. The van der Waals surface area contributed by atoms with Crippen LogP contribution in [0.5, 0.6) is 5.75 Å². The number of benzene rings is 1. The molecule has 0 fully saturated rings. The highest BCUT2D eigenvalue weighted by atomic mass is 16.5. The maximum absolute atomic E-state index is 12.2.